The monoisotopic (exact) mass is 271 g/mol. The maximum atomic E-state index is 7.40. The van der Waals surface area contributed by atoms with Crippen LogP contribution in [0.25, 0.3) is 0 Å². The van der Waals surface area contributed by atoms with Crippen LogP contribution in [0.3, 0.4) is 0 Å². The summed E-state index contributed by atoms with van der Waals surface area (Å²) in [6.07, 6.45) is 2.00. The van der Waals surface area contributed by atoms with Crippen LogP contribution in [0.5, 0.6) is 0 Å². The predicted octanol–water partition coefficient (Wildman–Crippen LogP) is 4.49. The first-order chi connectivity index (χ1) is 8.86. The highest BCUT2D eigenvalue weighted by atomic mass is 14.7. The molecule has 0 radical (unpaired) electrons. The third kappa shape index (κ3) is 16.9. The van der Waals surface area contributed by atoms with E-state index in [-0.39, 0.29) is 5.84 Å². The second-order valence-corrected chi connectivity index (χ2v) is 3.85. The molecule has 0 heterocycles. The standard InChI is InChI=1S/C11H20N2.2C2H6.CH5N/c1-7(2)9(5)6-10(8(3)4)11(12)13;3*1-2/h6,8H,1-5H3,(H3,12,13);2*1-2H3;2H2,1H3/b10-6+;;;. The number of nitrogens with one attached hydrogen (secondary N) is 1. The van der Waals surface area contributed by atoms with Crippen molar-refractivity contribution in [1.29, 1.82) is 5.41 Å². The highest BCUT2D eigenvalue weighted by Gasteiger charge is 2.06. The summed E-state index contributed by atoms with van der Waals surface area (Å²) in [5, 5.41) is 7.40. The van der Waals surface area contributed by atoms with Gasteiger partial charge in [-0.1, -0.05) is 58.8 Å². The van der Waals surface area contributed by atoms with Crippen LogP contribution in [0.15, 0.2) is 22.8 Å². The van der Waals surface area contributed by atoms with Crippen LogP contribution in [-0.2, 0) is 0 Å². The highest BCUT2D eigenvalue weighted by Crippen LogP contribution is 2.14. The maximum Gasteiger partial charge on any atom is 0.118 e. The summed E-state index contributed by atoms with van der Waals surface area (Å²) in [5.41, 5.74) is 13.4. The minimum Gasteiger partial charge on any atom is -0.384 e. The summed E-state index contributed by atoms with van der Waals surface area (Å²) in [5.74, 6) is 0.488. The molecule has 0 atom stereocenters. The van der Waals surface area contributed by atoms with Crippen molar-refractivity contribution in [2.45, 2.75) is 62.3 Å². The molecule has 0 aliphatic rings. The third-order valence-electron chi connectivity index (χ3n) is 2.09. The van der Waals surface area contributed by atoms with Gasteiger partial charge in [-0.15, -0.1) is 0 Å². The Labute approximate surface area is 121 Å². The van der Waals surface area contributed by atoms with Gasteiger partial charge in [-0.25, -0.2) is 0 Å². The minimum atomic E-state index is 0.176. The van der Waals surface area contributed by atoms with Gasteiger partial charge in [0.05, 0.1) is 0 Å². The molecule has 3 nitrogen and oxygen atoms in total. The van der Waals surface area contributed by atoms with Gasteiger partial charge < -0.3 is 11.5 Å². The SMILES string of the molecule is CC.CC.CC(C)=C(C)/C=C(/C(=N)N)C(C)C.CN. The lowest BCUT2D eigenvalue weighted by Crippen LogP contribution is -2.17. The molecule has 0 unspecified atom stereocenters. The summed E-state index contributed by atoms with van der Waals surface area (Å²) < 4.78 is 0. The number of amidine groups is 1. The number of hydrogen-bond donors (Lipinski definition) is 3. The van der Waals surface area contributed by atoms with Gasteiger partial charge in [0, 0.05) is 0 Å². The normalized spacial score (nSPS) is 8.95. The fourth-order valence-corrected chi connectivity index (χ4v) is 0.933. The van der Waals surface area contributed by atoms with Crippen LogP contribution >= 0.6 is 0 Å². The van der Waals surface area contributed by atoms with Crippen LogP contribution in [0, 0.1) is 11.3 Å². The molecule has 0 saturated heterocycles. The van der Waals surface area contributed by atoms with E-state index >= 15 is 0 Å². The summed E-state index contributed by atoms with van der Waals surface area (Å²) in [6, 6.07) is 0. The lowest BCUT2D eigenvalue weighted by molar-refractivity contribution is 0.798. The largest absolute Gasteiger partial charge is 0.384 e. The Kier molecular flexibility index (Phi) is 26.8. The summed E-state index contributed by atoms with van der Waals surface area (Å²) >= 11 is 0. The Bertz CT molecular complexity index is 257. The molecule has 0 aliphatic heterocycles. The van der Waals surface area contributed by atoms with Crippen molar-refractivity contribution in [3.63, 3.8) is 0 Å². The molecule has 0 saturated carbocycles. The molecule has 3 heteroatoms. The Morgan fingerprint density at radius 1 is 0.947 bits per heavy atom. The second kappa shape index (κ2) is 19.3. The average molecular weight is 271 g/mol. The molecule has 0 bridgehead atoms. The zero-order chi connectivity index (χ0) is 16.6. The summed E-state index contributed by atoms with van der Waals surface area (Å²) in [7, 11) is 1.50. The number of rotatable bonds is 3. The maximum absolute atomic E-state index is 7.40. The molecule has 19 heavy (non-hydrogen) atoms. The molecule has 0 aromatic carbocycles. The minimum absolute atomic E-state index is 0.176. The lowest BCUT2D eigenvalue weighted by Gasteiger charge is -2.10. The van der Waals surface area contributed by atoms with E-state index in [4.69, 9.17) is 11.1 Å². The van der Waals surface area contributed by atoms with Crippen LogP contribution in [0.1, 0.15) is 62.3 Å². The Morgan fingerprint density at radius 3 is 1.42 bits per heavy atom. The number of allylic oxidation sites excluding steroid dienone is 3. The van der Waals surface area contributed by atoms with Crippen LogP contribution < -0.4 is 11.5 Å². The van der Waals surface area contributed by atoms with Crippen molar-refractivity contribution >= 4 is 5.84 Å². The fraction of sp³-hybridized carbons (Fsp3) is 0.688. The van der Waals surface area contributed by atoms with E-state index in [0.717, 1.165) is 5.57 Å². The van der Waals surface area contributed by atoms with Crippen molar-refractivity contribution in [2.24, 2.45) is 17.4 Å². The smallest absolute Gasteiger partial charge is 0.118 e. The van der Waals surface area contributed by atoms with Gasteiger partial charge in [0.2, 0.25) is 0 Å². The van der Waals surface area contributed by atoms with E-state index in [1.54, 1.807) is 0 Å². The van der Waals surface area contributed by atoms with Gasteiger partial charge in [-0.2, -0.15) is 0 Å². The zero-order valence-corrected chi connectivity index (χ0v) is 14.8. The molecule has 0 rings (SSSR count). The van der Waals surface area contributed by atoms with Gasteiger partial charge in [0.25, 0.3) is 0 Å². The molecular formula is C16H37N3. The van der Waals surface area contributed by atoms with Gasteiger partial charge >= 0.3 is 0 Å². The van der Waals surface area contributed by atoms with E-state index < -0.39 is 0 Å². The van der Waals surface area contributed by atoms with Crippen molar-refractivity contribution < 1.29 is 0 Å². The van der Waals surface area contributed by atoms with Gasteiger partial charge in [0.1, 0.15) is 5.84 Å². The van der Waals surface area contributed by atoms with Gasteiger partial charge in [-0.3, -0.25) is 5.41 Å². The topological polar surface area (TPSA) is 75.9 Å². The third-order valence-corrected chi connectivity index (χ3v) is 2.09. The molecular weight excluding hydrogens is 234 g/mol. The first-order valence-electron chi connectivity index (χ1n) is 7.14. The van der Waals surface area contributed by atoms with E-state index in [9.17, 15) is 0 Å². The molecule has 116 valence electrons. The van der Waals surface area contributed by atoms with E-state index in [1.807, 2.05) is 54.5 Å². The zero-order valence-electron chi connectivity index (χ0n) is 14.8. The van der Waals surface area contributed by atoms with Crippen LogP contribution in [-0.4, -0.2) is 12.9 Å². The van der Waals surface area contributed by atoms with Gasteiger partial charge in [0.15, 0.2) is 0 Å². The number of hydrogen-bond acceptors (Lipinski definition) is 2. The lowest BCUT2D eigenvalue weighted by atomic mass is 9.98. The summed E-state index contributed by atoms with van der Waals surface area (Å²) in [4.78, 5) is 0. The van der Waals surface area contributed by atoms with Crippen molar-refractivity contribution in [2.75, 3.05) is 7.05 Å². The van der Waals surface area contributed by atoms with Crippen LogP contribution in [0.2, 0.25) is 0 Å². The van der Waals surface area contributed by atoms with Crippen molar-refractivity contribution in [3.05, 3.63) is 22.8 Å². The molecule has 0 fully saturated rings. The molecule has 0 aromatic rings. The van der Waals surface area contributed by atoms with Crippen molar-refractivity contribution in [1.82, 2.24) is 0 Å². The molecule has 0 aromatic heterocycles. The molecule has 5 N–H and O–H groups in total. The first-order valence-corrected chi connectivity index (χ1v) is 7.14. The quantitative estimate of drug-likeness (QED) is 0.402. The Morgan fingerprint density at radius 2 is 1.26 bits per heavy atom. The van der Waals surface area contributed by atoms with E-state index in [0.29, 0.717) is 5.92 Å². The molecule has 0 amide bonds. The molecule has 0 spiro atoms. The van der Waals surface area contributed by atoms with Crippen molar-refractivity contribution in [3.8, 4) is 0 Å². The summed E-state index contributed by atoms with van der Waals surface area (Å²) in [6.45, 7) is 18.3. The Hall–Kier alpha value is -1.09. The fourth-order valence-electron chi connectivity index (χ4n) is 0.933. The van der Waals surface area contributed by atoms with Crippen LogP contribution in [0.4, 0.5) is 0 Å². The van der Waals surface area contributed by atoms with Gasteiger partial charge in [-0.05, 0) is 39.3 Å². The predicted molar refractivity (Wildman–Crippen MR) is 91.7 cm³/mol. The Balaban J connectivity index is -0.000000163. The first kappa shape index (κ1) is 26.5. The molecule has 0 aliphatic carbocycles. The number of nitrogens with two attached hydrogens (primary N) is 2. The second-order valence-electron chi connectivity index (χ2n) is 3.85. The van der Waals surface area contributed by atoms with E-state index in [2.05, 4.69) is 19.6 Å². The average Bonchev–Trinajstić information content (AvgIpc) is 2.41. The van der Waals surface area contributed by atoms with E-state index in [1.165, 1.54) is 18.2 Å². The highest BCUT2D eigenvalue weighted by molar-refractivity contribution is 5.95.